The molecule has 18 heteroatoms. The van der Waals surface area contributed by atoms with Crippen LogP contribution in [0.15, 0.2) is 24.3 Å². The molecule has 0 unspecified atom stereocenters. The van der Waals surface area contributed by atoms with Gasteiger partial charge in [-0.2, -0.15) is 35.1 Å². The zero-order valence-corrected chi connectivity index (χ0v) is 16.5. The van der Waals surface area contributed by atoms with Crippen molar-refractivity contribution in [1.82, 2.24) is 0 Å². The molecule has 0 saturated heterocycles. The lowest BCUT2D eigenvalue weighted by Gasteiger charge is -2.21. The highest BCUT2D eigenvalue weighted by Crippen LogP contribution is 2.46. The van der Waals surface area contributed by atoms with Gasteiger partial charge in [-0.25, -0.2) is 0 Å². The van der Waals surface area contributed by atoms with Crippen LogP contribution in [0.3, 0.4) is 0 Å². The van der Waals surface area contributed by atoms with E-state index in [1.54, 1.807) is 0 Å². The number of rotatable bonds is 6. The first-order valence-electron chi connectivity index (χ1n) is 7.78. The average molecular weight is 530 g/mol. The Morgan fingerprint density at radius 2 is 1.30 bits per heavy atom. The van der Waals surface area contributed by atoms with Crippen molar-refractivity contribution < 1.29 is 49.7 Å². The molecule has 0 radical (unpaired) electrons. The minimum Gasteiger partial charge on any atom is -0.424 e. The molecule has 0 aliphatic rings. The highest BCUT2D eigenvalue weighted by molar-refractivity contribution is 6.37. The fraction of sp³-hybridized carbons (Fsp3) is 0.200. The van der Waals surface area contributed by atoms with Crippen molar-refractivity contribution >= 4 is 46.0 Å². The number of nitrogens with one attached hydrogen (secondary N) is 1. The van der Waals surface area contributed by atoms with Crippen LogP contribution in [-0.4, -0.2) is 22.1 Å². The SMILES string of the molecule is O=[N+]([O-])c1cc(C(F)(F)F)cc([N+](=O)[O-])c1Nc1cc(OC(F)(F)C(F)(F)F)c(Cl)cc1Cl. The molecule has 0 atom stereocenters. The van der Waals surface area contributed by atoms with Gasteiger partial charge in [-0.15, -0.1) is 0 Å². The largest absolute Gasteiger partial charge is 0.499 e. The van der Waals surface area contributed by atoms with Crippen molar-refractivity contribution in [1.29, 1.82) is 0 Å². The molecule has 2 aromatic rings. The second-order valence-corrected chi connectivity index (χ2v) is 6.72. The summed E-state index contributed by atoms with van der Waals surface area (Å²) in [7, 11) is 0. The van der Waals surface area contributed by atoms with Gasteiger partial charge >= 0.3 is 18.5 Å². The molecule has 0 saturated carbocycles. The maximum atomic E-state index is 13.2. The van der Waals surface area contributed by atoms with Crippen LogP contribution in [-0.2, 0) is 6.18 Å². The quantitative estimate of drug-likeness (QED) is 0.243. The van der Waals surface area contributed by atoms with Crippen molar-refractivity contribution in [3.8, 4) is 5.75 Å². The van der Waals surface area contributed by atoms with Crippen LogP contribution in [0.2, 0.25) is 10.0 Å². The van der Waals surface area contributed by atoms with E-state index in [1.807, 2.05) is 5.32 Å². The Morgan fingerprint density at radius 1 is 0.818 bits per heavy atom. The number of nitro benzene ring substituents is 2. The number of nitro groups is 2. The van der Waals surface area contributed by atoms with E-state index in [0.29, 0.717) is 6.07 Å². The van der Waals surface area contributed by atoms with E-state index in [1.165, 1.54) is 0 Å². The molecule has 0 aliphatic heterocycles. The first kappa shape index (κ1) is 26.1. The van der Waals surface area contributed by atoms with Gasteiger partial charge in [0.1, 0.15) is 5.75 Å². The predicted octanol–water partition coefficient (Wildman–Crippen LogP) is 7.11. The molecule has 180 valence electrons. The average Bonchev–Trinajstić information content (AvgIpc) is 2.63. The van der Waals surface area contributed by atoms with Crippen molar-refractivity contribution in [2.75, 3.05) is 5.32 Å². The summed E-state index contributed by atoms with van der Waals surface area (Å²) in [6.07, 6.45) is -17.2. The molecule has 0 aliphatic carbocycles. The minimum absolute atomic E-state index is 0.0611. The molecule has 0 aromatic heterocycles. The Balaban J connectivity index is 2.67. The highest BCUT2D eigenvalue weighted by Gasteiger charge is 2.61. The minimum atomic E-state index is -6.19. The van der Waals surface area contributed by atoms with E-state index in [0.717, 1.165) is 0 Å². The third-order valence-electron chi connectivity index (χ3n) is 3.67. The van der Waals surface area contributed by atoms with Gasteiger partial charge in [-0.3, -0.25) is 20.2 Å². The normalized spacial score (nSPS) is 12.4. The lowest BCUT2D eigenvalue weighted by atomic mass is 10.1. The summed E-state index contributed by atoms with van der Waals surface area (Å²) >= 11 is 11.3. The summed E-state index contributed by atoms with van der Waals surface area (Å²) < 4.78 is 106. The Bertz CT molecular complexity index is 1090. The number of halogens is 10. The Hall–Kier alpha value is -3.14. The van der Waals surface area contributed by atoms with E-state index < -0.39 is 72.4 Å². The van der Waals surface area contributed by atoms with Crippen molar-refractivity contribution in [2.24, 2.45) is 0 Å². The summed E-state index contributed by atoms with van der Waals surface area (Å²) in [5, 5.41) is 22.9. The molecule has 0 amide bonds. The number of benzene rings is 2. The van der Waals surface area contributed by atoms with Gasteiger partial charge in [-0.05, 0) is 6.07 Å². The van der Waals surface area contributed by atoms with E-state index in [-0.39, 0.29) is 18.2 Å². The number of nitrogens with zero attached hydrogens (tertiary/aromatic N) is 2. The zero-order valence-electron chi connectivity index (χ0n) is 15.0. The maximum Gasteiger partial charge on any atom is 0.499 e. The molecule has 0 heterocycles. The van der Waals surface area contributed by atoms with E-state index in [4.69, 9.17) is 23.2 Å². The van der Waals surface area contributed by atoms with Gasteiger partial charge in [0.15, 0.2) is 5.69 Å². The van der Waals surface area contributed by atoms with Crippen LogP contribution in [0.1, 0.15) is 5.56 Å². The lowest BCUT2D eigenvalue weighted by molar-refractivity contribution is -0.392. The van der Waals surface area contributed by atoms with Gasteiger partial charge in [0.2, 0.25) is 0 Å². The van der Waals surface area contributed by atoms with Crippen LogP contribution in [0.5, 0.6) is 5.75 Å². The van der Waals surface area contributed by atoms with Gasteiger partial charge in [0.05, 0.1) is 31.1 Å². The molecule has 2 rings (SSSR count). The summed E-state index contributed by atoms with van der Waals surface area (Å²) in [5.74, 6) is -1.36. The Kier molecular flexibility index (Phi) is 6.85. The van der Waals surface area contributed by atoms with E-state index in [9.17, 15) is 55.4 Å². The van der Waals surface area contributed by atoms with E-state index in [2.05, 4.69) is 4.74 Å². The van der Waals surface area contributed by atoms with Crippen molar-refractivity contribution in [3.63, 3.8) is 0 Å². The fourth-order valence-corrected chi connectivity index (χ4v) is 2.69. The van der Waals surface area contributed by atoms with Crippen LogP contribution >= 0.6 is 23.2 Å². The predicted molar refractivity (Wildman–Crippen MR) is 96.1 cm³/mol. The molecule has 2 aromatic carbocycles. The molecular formula is C15H5Cl2F8N3O5. The standard InChI is InChI=1S/C15H5Cl2F8N3O5/c16-6-3-7(17)11(33-15(24,25)14(21,22)23)4-8(6)26-12-9(27(29)30)1-5(13(18,19)20)2-10(12)28(31)32/h1-4,26H. The lowest BCUT2D eigenvalue weighted by Crippen LogP contribution is -2.41. The second-order valence-electron chi connectivity index (χ2n) is 5.91. The third kappa shape index (κ3) is 5.62. The van der Waals surface area contributed by atoms with Gasteiger partial charge < -0.3 is 10.1 Å². The smallest absolute Gasteiger partial charge is 0.424 e. The van der Waals surface area contributed by atoms with Crippen molar-refractivity contribution in [3.05, 3.63) is 60.1 Å². The van der Waals surface area contributed by atoms with Crippen LogP contribution in [0, 0.1) is 20.2 Å². The first-order chi connectivity index (χ1) is 14.8. The number of ether oxygens (including phenoxy) is 1. The van der Waals surface area contributed by atoms with Crippen LogP contribution < -0.4 is 10.1 Å². The second kappa shape index (κ2) is 8.66. The number of hydrogen-bond acceptors (Lipinski definition) is 6. The van der Waals surface area contributed by atoms with Gasteiger partial charge in [-0.1, -0.05) is 23.2 Å². The fourth-order valence-electron chi connectivity index (χ4n) is 2.23. The van der Waals surface area contributed by atoms with Crippen molar-refractivity contribution in [2.45, 2.75) is 18.5 Å². The first-order valence-corrected chi connectivity index (χ1v) is 8.54. The summed E-state index contributed by atoms with van der Waals surface area (Å²) in [6.45, 7) is 0. The van der Waals surface area contributed by atoms with Crippen LogP contribution in [0.25, 0.3) is 0 Å². The topological polar surface area (TPSA) is 108 Å². The van der Waals surface area contributed by atoms with Gasteiger partial charge in [0.25, 0.3) is 11.4 Å². The molecule has 8 nitrogen and oxygen atoms in total. The molecule has 0 spiro atoms. The molecular weight excluding hydrogens is 525 g/mol. The monoisotopic (exact) mass is 529 g/mol. The molecule has 1 N–H and O–H groups in total. The number of hydrogen-bond donors (Lipinski definition) is 1. The molecule has 0 bridgehead atoms. The molecule has 33 heavy (non-hydrogen) atoms. The summed E-state index contributed by atoms with van der Waals surface area (Å²) in [4.78, 5) is 19.6. The van der Waals surface area contributed by atoms with E-state index >= 15 is 0 Å². The molecule has 0 fully saturated rings. The Labute approximate surface area is 185 Å². The number of anilines is 2. The Morgan fingerprint density at radius 3 is 1.70 bits per heavy atom. The van der Waals surface area contributed by atoms with Crippen LogP contribution in [0.4, 0.5) is 57.9 Å². The maximum absolute atomic E-state index is 13.2. The highest BCUT2D eigenvalue weighted by atomic mass is 35.5. The number of alkyl halides is 8. The zero-order chi connectivity index (χ0) is 25.5. The third-order valence-corrected chi connectivity index (χ3v) is 4.27. The summed E-state index contributed by atoms with van der Waals surface area (Å²) in [5.41, 5.74) is -6.70. The van der Waals surface area contributed by atoms with Gasteiger partial charge in [0, 0.05) is 18.2 Å². The summed E-state index contributed by atoms with van der Waals surface area (Å²) in [6, 6.07) is 0.715.